The van der Waals surface area contributed by atoms with Crippen LogP contribution in [0.15, 0.2) is 42.6 Å². The first-order chi connectivity index (χ1) is 14.5. The molecular weight excluding hydrogens is 386 g/mol. The van der Waals surface area contributed by atoms with E-state index in [1.54, 1.807) is 6.20 Å². The normalized spacial score (nSPS) is 21.6. The summed E-state index contributed by atoms with van der Waals surface area (Å²) in [5, 5.41) is 3.58. The van der Waals surface area contributed by atoms with Gasteiger partial charge in [0, 0.05) is 23.5 Å². The molecule has 1 aromatic heterocycles. The van der Waals surface area contributed by atoms with Crippen molar-refractivity contribution in [1.82, 2.24) is 15.2 Å². The highest BCUT2D eigenvalue weighted by atomic mass is 16.5. The Morgan fingerprint density at radius 1 is 1.17 bits per heavy atom. The zero-order valence-corrected chi connectivity index (χ0v) is 16.6. The van der Waals surface area contributed by atoms with Crippen LogP contribution in [0.2, 0.25) is 0 Å². The van der Waals surface area contributed by atoms with Crippen molar-refractivity contribution in [2.45, 2.75) is 25.3 Å². The molecule has 0 saturated carbocycles. The summed E-state index contributed by atoms with van der Waals surface area (Å²) in [5.41, 5.74) is 1.78. The summed E-state index contributed by atoms with van der Waals surface area (Å²) >= 11 is 0. The maximum atomic E-state index is 12.6. The molecule has 8 heteroatoms. The van der Waals surface area contributed by atoms with Gasteiger partial charge in [0.1, 0.15) is 12.6 Å². The van der Waals surface area contributed by atoms with Crippen molar-refractivity contribution in [2.75, 3.05) is 13.7 Å². The summed E-state index contributed by atoms with van der Waals surface area (Å²) in [6.07, 6.45) is 6.82. The predicted molar refractivity (Wildman–Crippen MR) is 108 cm³/mol. The highest BCUT2D eigenvalue weighted by Gasteiger charge is 2.47. The van der Waals surface area contributed by atoms with Crippen molar-refractivity contribution in [3.63, 3.8) is 0 Å². The Kier molecular flexibility index (Phi) is 5.39. The van der Waals surface area contributed by atoms with Crippen LogP contribution >= 0.6 is 0 Å². The van der Waals surface area contributed by atoms with Gasteiger partial charge < -0.3 is 15.0 Å². The van der Waals surface area contributed by atoms with Gasteiger partial charge in [-0.15, -0.1) is 0 Å². The number of allylic oxidation sites excluding steroid dienone is 2. The Morgan fingerprint density at radius 3 is 2.50 bits per heavy atom. The molecule has 1 fully saturated rings. The smallest absolute Gasteiger partial charge is 0.328 e. The molecule has 2 aromatic rings. The number of imide groups is 1. The summed E-state index contributed by atoms with van der Waals surface area (Å²) in [7, 11) is 1.25. The fourth-order valence-electron chi connectivity index (χ4n) is 4.26. The SMILES string of the molecule is COC(=O)[C@@H](Cc1c[nH]c2ccccc12)NC(=O)CN1C(=O)C2CC=CCC2C1=O. The molecule has 0 radical (unpaired) electrons. The number of carbonyl (C=O) groups excluding carboxylic acids is 4. The summed E-state index contributed by atoms with van der Waals surface area (Å²) < 4.78 is 4.84. The molecule has 2 heterocycles. The number of nitrogens with zero attached hydrogens (tertiary/aromatic N) is 1. The molecule has 1 aromatic carbocycles. The molecule has 2 aliphatic rings. The molecule has 1 saturated heterocycles. The number of esters is 1. The number of hydrogen-bond donors (Lipinski definition) is 2. The van der Waals surface area contributed by atoms with Crippen molar-refractivity contribution in [2.24, 2.45) is 11.8 Å². The van der Waals surface area contributed by atoms with Gasteiger partial charge in [-0.3, -0.25) is 19.3 Å². The van der Waals surface area contributed by atoms with E-state index >= 15 is 0 Å². The zero-order valence-electron chi connectivity index (χ0n) is 16.6. The lowest BCUT2D eigenvalue weighted by molar-refractivity contribution is -0.146. The van der Waals surface area contributed by atoms with Gasteiger partial charge in [-0.1, -0.05) is 30.4 Å². The number of ether oxygens (including phenoxy) is 1. The number of carbonyl (C=O) groups is 4. The molecule has 2 unspecified atom stereocenters. The van der Waals surface area contributed by atoms with E-state index in [2.05, 4.69) is 10.3 Å². The molecule has 1 aliphatic carbocycles. The maximum Gasteiger partial charge on any atom is 0.328 e. The van der Waals surface area contributed by atoms with Gasteiger partial charge in [-0.25, -0.2) is 4.79 Å². The van der Waals surface area contributed by atoms with Crippen LogP contribution in [0.5, 0.6) is 0 Å². The second-order valence-electron chi connectivity index (χ2n) is 7.63. The van der Waals surface area contributed by atoms with Crippen LogP contribution in [0.25, 0.3) is 10.9 Å². The minimum absolute atomic E-state index is 0.222. The van der Waals surface area contributed by atoms with Crippen molar-refractivity contribution in [3.05, 3.63) is 48.2 Å². The lowest BCUT2D eigenvalue weighted by Crippen LogP contribution is -2.48. The summed E-state index contributed by atoms with van der Waals surface area (Å²) in [5.74, 6) is -2.59. The number of amides is 3. The monoisotopic (exact) mass is 409 g/mol. The van der Waals surface area contributed by atoms with Crippen molar-refractivity contribution < 1.29 is 23.9 Å². The number of para-hydroxylation sites is 1. The number of benzene rings is 1. The second kappa shape index (κ2) is 8.14. The van der Waals surface area contributed by atoms with Crippen LogP contribution in [0.1, 0.15) is 18.4 Å². The first-order valence-electron chi connectivity index (χ1n) is 9.92. The molecule has 8 nitrogen and oxygen atoms in total. The zero-order chi connectivity index (χ0) is 21.3. The fourth-order valence-corrected chi connectivity index (χ4v) is 4.26. The first kappa shape index (κ1) is 19.9. The van der Waals surface area contributed by atoms with Crippen LogP contribution < -0.4 is 5.32 Å². The number of likely N-dealkylation sites (tertiary alicyclic amines) is 1. The third kappa shape index (κ3) is 3.60. The highest BCUT2D eigenvalue weighted by Crippen LogP contribution is 2.34. The largest absolute Gasteiger partial charge is 0.467 e. The Hall–Kier alpha value is -3.42. The van der Waals surface area contributed by atoms with E-state index in [1.807, 2.05) is 36.4 Å². The number of aromatic amines is 1. The summed E-state index contributed by atoms with van der Waals surface area (Å²) in [6.45, 7) is -0.397. The lowest BCUT2D eigenvalue weighted by Gasteiger charge is -2.19. The number of aromatic nitrogens is 1. The van der Waals surface area contributed by atoms with E-state index in [0.717, 1.165) is 21.4 Å². The quantitative estimate of drug-likeness (QED) is 0.425. The van der Waals surface area contributed by atoms with Gasteiger partial charge >= 0.3 is 5.97 Å². The van der Waals surface area contributed by atoms with Crippen LogP contribution in [-0.2, 0) is 30.3 Å². The minimum atomic E-state index is -0.932. The molecule has 0 bridgehead atoms. The fraction of sp³-hybridized carbons (Fsp3) is 0.364. The van der Waals surface area contributed by atoms with Crippen molar-refractivity contribution in [3.8, 4) is 0 Å². The van der Waals surface area contributed by atoms with Gasteiger partial charge in [-0.05, 0) is 24.5 Å². The highest BCUT2D eigenvalue weighted by molar-refractivity contribution is 6.07. The molecule has 3 amide bonds. The van der Waals surface area contributed by atoms with Crippen LogP contribution in [-0.4, -0.2) is 53.3 Å². The predicted octanol–water partition coefficient (Wildman–Crippen LogP) is 1.32. The Balaban J connectivity index is 1.46. The average Bonchev–Trinajstić information content (AvgIpc) is 3.27. The van der Waals surface area contributed by atoms with Gasteiger partial charge in [0.25, 0.3) is 0 Å². The third-order valence-corrected chi connectivity index (χ3v) is 5.82. The molecule has 4 rings (SSSR count). The number of hydrogen-bond acceptors (Lipinski definition) is 5. The van der Waals surface area contributed by atoms with Gasteiger partial charge in [0.05, 0.1) is 18.9 Å². The number of methoxy groups -OCH3 is 1. The van der Waals surface area contributed by atoms with Gasteiger partial charge in [-0.2, -0.15) is 0 Å². The van der Waals surface area contributed by atoms with Crippen LogP contribution in [0, 0.1) is 11.8 Å². The van der Waals surface area contributed by atoms with Gasteiger partial charge in [0.15, 0.2) is 0 Å². The average molecular weight is 409 g/mol. The topological polar surface area (TPSA) is 109 Å². The van der Waals surface area contributed by atoms with Crippen molar-refractivity contribution in [1.29, 1.82) is 0 Å². The van der Waals surface area contributed by atoms with E-state index in [9.17, 15) is 19.2 Å². The van der Waals surface area contributed by atoms with Crippen LogP contribution in [0.4, 0.5) is 0 Å². The number of fused-ring (bicyclic) bond motifs is 2. The molecule has 156 valence electrons. The Morgan fingerprint density at radius 2 is 1.83 bits per heavy atom. The maximum absolute atomic E-state index is 12.6. The second-order valence-corrected chi connectivity index (χ2v) is 7.63. The molecule has 30 heavy (non-hydrogen) atoms. The minimum Gasteiger partial charge on any atom is -0.467 e. The van der Waals surface area contributed by atoms with Crippen molar-refractivity contribution >= 4 is 34.6 Å². The number of rotatable bonds is 6. The van der Waals surface area contributed by atoms with Gasteiger partial charge in [0.2, 0.25) is 17.7 Å². The lowest BCUT2D eigenvalue weighted by atomic mass is 9.85. The summed E-state index contributed by atoms with van der Waals surface area (Å²) in [6, 6.07) is 6.71. The summed E-state index contributed by atoms with van der Waals surface area (Å²) in [4.78, 5) is 54.2. The third-order valence-electron chi connectivity index (χ3n) is 5.82. The van der Waals surface area contributed by atoms with E-state index in [1.165, 1.54) is 7.11 Å². The van der Waals surface area contributed by atoms with Crippen LogP contribution in [0.3, 0.4) is 0 Å². The molecule has 0 spiro atoms. The van der Waals surface area contributed by atoms with E-state index in [0.29, 0.717) is 12.8 Å². The molecule has 1 aliphatic heterocycles. The van der Waals surface area contributed by atoms with E-state index in [4.69, 9.17) is 4.74 Å². The molecule has 3 atom stereocenters. The standard InChI is InChI=1S/C22H23N3O5/c1-30-22(29)18(10-13-11-23-17-9-5-4-6-14(13)17)24-19(26)12-25-20(27)15-7-2-3-8-16(15)21(25)28/h2-6,9,11,15-16,18,23H,7-8,10,12H2,1H3,(H,24,26)/t15?,16?,18-/m1/s1. The Labute approximate surface area is 173 Å². The first-order valence-corrected chi connectivity index (χ1v) is 9.92. The molecular formula is C22H23N3O5. The molecule has 2 N–H and O–H groups in total. The number of nitrogens with one attached hydrogen (secondary N) is 2. The number of H-pyrrole nitrogens is 1. The van der Waals surface area contributed by atoms with E-state index in [-0.39, 0.29) is 18.2 Å². The Bertz CT molecular complexity index is 1010. The van der Waals surface area contributed by atoms with E-state index < -0.39 is 36.3 Å².